The Balaban J connectivity index is 2.71. The van der Waals surface area contributed by atoms with E-state index in [0.29, 0.717) is 23.0 Å². The van der Waals surface area contributed by atoms with Crippen molar-refractivity contribution in [3.05, 3.63) is 53.5 Å². The minimum Gasteiger partial charge on any atom is -0.268 e. The molecule has 0 fully saturated rings. The average molecular weight is 595 g/mol. The fraction of sp³-hybridized carbons (Fsp3) is 0.231. The van der Waals surface area contributed by atoms with Gasteiger partial charge in [0.2, 0.25) is 0 Å². The van der Waals surface area contributed by atoms with Crippen molar-refractivity contribution in [1.29, 1.82) is 0 Å². The van der Waals surface area contributed by atoms with Crippen LogP contribution in [0.5, 0.6) is 0 Å². The lowest BCUT2D eigenvalue weighted by molar-refractivity contribution is -0.291. The molecule has 0 N–H and O–H groups in total. The van der Waals surface area contributed by atoms with Crippen molar-refractivity contribution in [3.63, 3.8) is 0 Å². The van der Waals surface area contributed by atoms with Gasteiger partial charge in [-0.3, -0.25) is 9.36 Å². The highest BCUT2D eigenvalue weighted by atomic mass is 79.9. The Morgan fingerprint density at radius 1 is 0.889 bits per heavy atom. The highest BCUT2D eigenvalue weighted by molar-refractivity contribution is 9.11. The van der Waals surface area contributed by atoms with Crippen molar-refractivity contribution < 1.29 is 35.1 Å². The fourth-order valence-electron chi connectivity index (χ4n) is 1.90. The van der Waals surface area contributed by atoms with E-state index in [4.69, 9.17) is 0 Å². The molecule has 27 heavy (non-hydrogen) atoms. The lowest BCUT2D eigenvalue weighted by atomic mass is 10.2. The SMILES string of the molecule is O=c1c(Br)c(C(F)(F)C(F)(F)F)ncn1-c1c(Br)cc(C(F)(F)F)cc1Br. The summed E-state index contributed by atoms with van der Waals surface area (Å²) in [6.07, 6.45) is -10.4. The van der Waals surface area contributed by atoms with E-state index in [-0.39, 0.29) is 14.6 Å². The molecule has 0 saturated heterocycles. The zero-order valence-corrected chi connectivity index (χ0v) is 17.0. The fourth-order valence-corrected chi connectivity index (χ4v) is 4.01. The maximum atomic E-state index is 13.5. The van der Waals surface area contributed by atoms with Crippen molar-refractivity contribution in [1.82, 2.24) is 9.55 Å². The van der Waals surface area contributed by atoms with Gasteiger partial charge in [-0.1, -0.05) is 0 Å². The van der Waals surface area contributed by atoms with E-state index in [0.717, 1.165) is 0 Å². The third kappa shape index (κ3) is 4.06. The van der Waals surface area contributed by atoms with Crippen LogP contribution in [0.2, 0.25) is 0 Å². The second-order valence-corrected chi connectivity index (χ2v) is 7.44. The monoisotopic (exact) mass is 592 g/mol. The van der Waals surface area contributed by atoms with Gasteiger partial charge in [-0.15, -0.1) is 0 Å². The maximum absolute atomic E-state index is 13.5. The molecule has 0 atom stereocenters. The number of hydrogen-bond donors (Lipinski definition) is 0. The molecule has 0 aliphatic heterocycles. The molecule has 2 rings (SSSR count). The molecule has 0 aliphatic rings. The summed E-state index contributed by atoms with van der Waals surface area (Å²) in [5.74, 6) is -5.42. The second-order valence-electron chi connectivity index (χ2n) is 4.94. The lowest BCUT2D eigenvalue weighted by Crippen LogP contribution is -2.37. The summed E-state index contributed by atoms with van der Waals surface area (Å²) in [7, 11) is 0. The van der Waals surface area contributed by atoms with Gasteiger partial charge in [0.15, 0.2) is 0 Å². The van der Waals surface area contributed by atoms with Gasteiger partial charge in [-0.2, -0.15) is 35.1 Å². The minimum atomic E-state index is -6.00. The van der Waals surface area contributed by atoms with E-state index >= 15 is 0 Å². The first-order chi connectivity index (χ1) is 12.1. The molecule has 0 amide bonds. The molecule has 0 saturated carbocycles. The zero-order chi connectivity index (χ0) is 20.9. The maximum Gasteiger partial charge on any atom is 0.459 e. The normalized spacial score (nSPS) is 13.1. The molecule has 0 radical (unpaired) electrons. The highest BCUT2D eigenvalue weighted by Gasteiger charge is 2.61. The summed E-state index contributed by atoms with van der Waals surface area (Å²) in [5, 5.41) is 0. The first-order valence-corrected chi connectivity index (χ1v) is 8.75. The highest BCUT2D eigenvalue weighted by Crippen LogP contribution is 2.45. The van der Waals surface area contributed by atoms with Crippen LogP contribution in [0.4, 0.5) is 35.1 Å². The van der Waals surface area contributed by atoms with Crippen LogP contribution in [-0.4, -0.2) is 15.7 Å². The smallest absolute Gasteiger partial charge is 0.268 e. The molecule has 3 nitrogen and oxygen atoms in total. The van der Waals surface area contributed by atoms with E-state index in [1.165, 1.54) is 0 Å². The van der Waals surface area contributed by atoms with Crippen molar-refractivity contribution in [2.45, 2.75) is 18.3 Å². The molecule has 1 aromatic carbocycles. The third-order valence-corrected chi connectivity index (χ3v) is 5.08. The molecule has 1 heterocycles. The Kier molecular flexibility index (Phi) is 5.86. The van der Waals surface area contributed by atoms with Gasteiger partial charge in [0.05, 0.1) is 11.3 Å². The zero-order valence-electron chi connectivity index (χ0n) is 12.2. The van der Waals surface area contributed by atoms with Crippen LogP contribution in [0.25, 0.3) is 5.69 Å². The number of hydrogen-bond acceptors (Lipinski definition) is 2. The molecule has 0 spiro atoms. The van der Waals surface area contributed by atoms with Gasteiger partial charge < -0.3 is 0 Å². The molecule has 148 valence electrons. The minimum absolute atomic E-state index is 0.275. The van der Waals surface area contributed by atoms with E-state index in [9.17, 15) is 39.9 Å². The topological polar surface area (TPSA) is 34.9 Å². The van der Waals surface area contributed by atoms with Gasteiger partial charge in [0.1, 0.15) is 16.5 Å². The lowest BCUT2D eigenvalue weighted by Gasteiger charge is -2.20. The van der Waals surface area contributed by atoms with Crippen LogP contribution >= 0.6 is 47.8 Å². The van der Waals surface area contributed by atoms with E-state index in [1.54, 1.807) is 0 Å². The standard InChI is InChI=1S/C13H3Br3F8N2O/c14-5-1-4(12(19,20)21)2-6(15)8(5)26-3-25-9(7(16)10(26)27)11(17,18)13(22,23)24/h1-3H. The van der Waals surface area contributed by atoms with Crippen LogP contribution in [0.3, 0.4) is 0 Å². The number of benzene rings is 1. The van der Waals surface area contributed by atoms with Gasteiger partial charge in [0.25, 0.3) is 5.56 Å². The summed E-state index contributed by atoms with van der Waals surface area (Å²) in [5.41, 5.74) is -4.62. The predicted molar refractivity (Wildman–Crippen MR) is 87.9 cm³/mol. The number of rotatable bonds is 2. The van der Waals surface area contributed by atoms with Crippen LogP contribution in [-0.2, 0) is 12.1 Å². The van der Waals surface area contributed by atoms with Gasteiger partial charge in [0, 0.05) is 8.95 Å². The van der Waals surface area contributed by atoms with Crippen LogP contribution in [0.1, 0.15) is 11.3 Å². The van der Waals surface area contributed by atoms with Crippen molar-refractivity contribution in [2.75, 3.05) is 0 Å². The van der Waals surface area contributed by atoms with E-state index in [2.05, 4.69) is 52.8 Å². The molecular weight excluding hydrogens is 592 g/mol. The van der Waals surface area contributed by atoms with E-state index in [1.807, 2.05) is 0 Å². The molecule has 0 aliphatic carbocycles. The van der Waals surface area contributed by atoms with Crippen molar-refractivity contribution in [2.24, 2.45) is 0 Å². The third-order valence-electron chi connectivity index (χ3n) is 3.16. The van der Waals surface area contributed by atoms with E-state index < -0.39 is 39.6 Å². The molecule has 0 unspecified atom stereocenters. The predicted octanol–water partition coefficient (Wildman–Crippen LogP) is 6.19. The number of alkyl halides is 8. The Labute approximate surface area is 169 Å². The van der Waals surface area contributed by atoms with Crippen LogP contribution in [0, 0.1) is 0 Å². The Morgan fingerprint density at radius 2 is 1.37 bits per heavy atom. The average Bonchev–Trinajstić information content (AvgIpc) is 2.48. The first kappa shape index (κ1) is 22.3. The molecule has 14 heteroatoms. The van der Waals surface area contributed by atoms with Gasteiger partial charge >= 0.3 is 18.3 Å². The summed E-state index contributed by atoms with van der Waals surface area (Å²) in [6, 6.07) is 1.22. The summed E-state index contributed by atoms with van der Waals surface area (Å²) in [6.45, 7) is 0. The number of halogens is 11. The summed E-state index contributed by atoms with van der Waals surface area (Å²) in [4.78, 5) is 15.3. The first-order valence-electron chi connectivity index (χ1n) is 6.37. The summed E-state index contributed by atoms with van der Waals surface area (Å²) >= 11 is 7.99. The Bertz CT molecular complexity index is 929. The quantitative estimate of drug-likeness (QED) is 0.389. The van der Waals surface area contributed by atoms with Crippen molar-refractivity contribution >= 4 is 47.8 Å². The van der Waals surface area contributed by atoms with Gasteiger partial charge in [-0.25, -0.2) is 4.98 Å². The van der Waals surface area contributed by atoms with Crippen LogP contribution in [0.15, 0.2) is 36.7 Å². The molecule has 2 aromatic rings. The second kappa shape index (κ2) is 7.10. The summed E-state index contributed by atoms with van der Waals surface area (Å²) < 4.78 is 102. The number of aromatic nitrogens is 2. The Morgan fingerprint density at radius 3 is 1.78 bits per heavy atom. The molecule has 1 aromatic heterocycles. The van der Waals surface area contributed by atoms with Gasteiger partial charge in [-0.05, 0) is 59.9 Å². The molecule has 0 bridgehead atoms. The number of nitrogens with zero attached hydrogens (tertiary/aromatic N) is 2. The largest absolute Gasteiger partial charge is 0.459 e. The van der Waals surface area contributed by atoms with Crippen LogP contribution < -0.4 is 5.56 Å². The molecular formula is C13H3Br3F8N2O. The van der Waals surface area contributed by atoms with Crippen molar-refractivity contribution in [3.8, 4) is 5.69 Å². The Hall–Kier alpha value is -1.02.